The molecule has 1 rings (SSSR count). The Kier molecular flexibility index (Phi) is 5.97. The fraction of sp³-hybridized carbons (Fsp3) is 0.462. The molecule has 1 N–H and O–H groups in total. The lowest BCUT2D eigenvalue weighted by Crippen LogP contribution is -2.36. The lowest BCUT2D eigenvalue weighted by atomic mass is 10.4. The molecule has 0 aliphatic rings. The average molecular weight is 298 g/mol. The van der Waals surface area contributed by atoms with Crippen LogP contribution in [0.25, 0.3) is 0 Å². The monoisotopic (exact) mass is 298 g/mol. The van der Waals surface area contributed by atoms with Crippen LogP contribution in [0.4, 0.5) is 0 Å². The minimum absolute atomic E-state index is 0.266. The van der Waals surface area contributed by atoms with Crippen molar-refractivity contribution in [1.29, 1.82) is 0 Å². The number of hydrogen-bond acceptors (Lipinski definition) is 3. The molecule has 0 aliphatic heterocycles. The first-order chi connectivity index (χ1) is 9.34. The van der Waals surface area contributed by atoms with Gasteiger partial charge >= 0.3 is 0 Å². The Morgan fingerprint density at radius 2 is 1.65 bits per heavy atom. The summed E-state index contributed by atoms with van der Waals surface area (Å²) in [7, 11) is 4.14. The van der Waals surface area contributed by atoms with E-state index in [1.165, 1.54) is 0 Å². The summed E-state index contributed by atoms with van der Waals surface area (Å²) < 4.78 is 26.5. The molecule has 112 valence electrons. The Balaban J connectivity index is 2.59. The molecule has 1 aromatic carbocycles. The molecule has 0 saturated heterocycles. The van der Waals surface area contributed by atoms with Gasteiger partial charge in [0.1, 0.15) is 0 Å². The molecule has 7 heteroatoms. The Morgan fingerprint density at radius 3 is 2.15 bits per heavy atom. The largest absolute Gasteiger partial charge is 0.349 e. The van der Waals surface area contributed by atoms with E-state index in [0.717, 1.165) is 5.96 Å². The van der Waals surface area contributed by atoms with E-state index in [9.17, 15) is 8.42 Å². The van der Waals surface area contributed by atoms with E-state index in [1.807, 2.05) is 38.0 Å². The van der Waals surface area contributed by atoms with E-state index in [4.69, 9.17) is 0 Å². The second-order valence-electron chi connectivity index (χ2n) is 4.68. The summed E-state index contributed by atoms with van der Waals surface area (Å²) in [5.41, 5.74) is 0. The van der Waals surface area contributed by atoms with Gasteiger partial charge in [-0.2, -0.15) is 0 Å². The van der Waals surface area contributed by atoms with Gasteiger partial charge in [-0.1, -0.05) is 18.2 Å². The molecule has 0 amide bonds. The van der Waals surface area contributed by atoms with Gasteiger partial charge in [0.2, 0.25) is 10.0 Å². The van der Waals surface area contributed by atoms with Crippen LogP contribution in [0, 0.1) is 0 Å². The molecule has 0 unspecified atom stereocenters. The summed E-state index contributed by atoms with van der Waals surface area (Å²) >= 11 is 0. The first-order valence-corrected chi connectivity index (χ1v) is 7.76. The zero-order chi connectivity index (χ0) is 15.2. The maximum absolute atomic E-state index is 12.0. The molecule has 0 heterocycles. The van der Waals surface area contributed by atoms with Crippen molar-refractivity contribution in [3.63, 3.8) is 0 Å². The van der Waals surface area contributed by atoms with E-state index in [1.54, 1.807) is 30.3 Å². The molecule has 6 nitrogen and oxygen atoms in total. The number of rotatable bonds is 5. The molecule has 0 spiro atoms. The molecule has 0 saturated carbocycles. The first-order valence-electron chi connectivity index (χ1n) is 6.28. The standard InChI is InChI=1S/C13H22N4O2S/c1-16(2)13(17(3)4)14-10-11-15-20(18,19)12-8-6-5-7-9-12/h5-9,15H,10-11H2,1-4H3. The van der Waals surface area contributed by atoms with Gasteiger partial charge in [-0.05, 0) is 12.1 Å². The number of nitrogens with zero attached hydrogens (tertiary/aromatic N) is 3. The van der Waals surface area contributed by atoms with Crippen molar-refractivity contribution in [2.75, 3.05) is 41.3 Å². The smallest absolute Gasteiger partial charge is 0.240 e. The molecule has 0 fully saturated rings. The number of hydrogen-bond donors (Lipinski definition) is 1. The second kappa shape index (κ2) is 7.25. The summed E-state index contributed by atoms with van der Waals surface area (Å²) in [6.07, 6.45) is 0. The van der Waals surface area contributed by atoms with Crippen LogP contribution < -0.4 is 4.72 Å². The maximum Gasteiger partial charge on any atom is 0.240 e. The normalized spacial score (nSPS) is 11.0. The molecule has 0 aromatic heterocycles. The Hall–Kier alpha value is -1.60. The summed E-state index contributed by atoms with van der Waals surface area (Å²) in [5, 5.41) is 0. The van der Waals surface area contributed by atoms with Crippen LogP contribution >= 0.6 is 0 Å². The topological polar surface area (TPSA) is 65.0 Å². The lowest BCUT2D eigenvalue weighted by molar-refractivity contribution is 0.479. The molecule has 20 heavy (non-hydrogen) atoms. The van der Waals surface area contributed by atoms with Gasteiger partial charge in [0, 0.05) is 34.7 Å². The van der Waals surface area contributed by atoms with Crippen molar-refractivity contribution < 1.29 is 8.42 Å². The number of aliphatic imine (C=N–C) groups is 1. The minimum Gasteiger partial charge on any atom is -0.349 e. The third-order valence-corrected chi connectivity index (χ3v) is 3.99. The molecule has 0 aliphatic carbocycles. The van der Waals surface area contributed by atoms with Gasteiger partial charge in [0.25, 0.3) is 0 Å². The van der Waals surface area contributed by atoms with E-state index >= 15 is 0 Å². The maximum atomic E-state index is 12.0. The summed E-state index contributed by atoms with van der Waals surface area (Å²) in [5.74, 6) is 0.795. The molecule has 0 radical (unpaired) electrons. The minimum atomic E-state index is -3.45. The van der Waals surface area contributed by atoms with Crippen LogP contribution in [0.1, 0.15) is 0 Å². The van der Waals surface area contributed by atoms with Crippen LogP contribution in [0.15, 0.2) is 40.2 Å². The fourth-order valence-electron chi connectivity index (χ4n) is 1.70. The average Bonchev–Trinajstić information content (AvgIpc) is 2.38. The Labute approximate surface area is 121 Å². The van der Waals surface area contributed by atoms with Gasteiger partial charge in [-0.25, -0.2) is 13.1 Å². The zero-order valence-electron chi connectivity index (χ0n) is 12.4. The van der Waals surface area contributed by atoms with Gasteiger partial charge in [-0.15, -0.1) is 0 Å². The Bertz CT molecular complexity index is 529. The number of benzene rings is 1. The highest BCUT2D eigenvalue weighted by Gasteiger charge is 2.12. The van der Waals surface area contributed by atoms with E-state index in [2.05, 4.69) is 9.71 Å². The van der Waals surface area contributed by atoms with Crippen LogP contribution in [0.2, 0.25) is 0 Å². The highest BCUT2D eigenvalue weighted by atomic mass is 32.2. The van der Waals surface area contributed by atoms with Gasteiger partial charge < -0.3 is 9.80 Å². The van der Waals surface area contributed by atoms with Gasteiger partial charge in [-0.3, -0.25) is 4.99 Å². The van der Waals surface area contributed by atoms with Crippen LogP contribution in [-0.2, 0) is 10.0 Å². The lowest BCUT2D eigenvalue weighted by Gasteiger charge is -2.22. The van der Waals surface area contributed by atoms with Crippen molar-refractivity contribution in [2.24, 2.45) is 4.99 Å². The Morgan fingerprint density at radius 1 is 1.10 bits per heavy atom. The summed E-state index contributed by atoms with van der Waals surface area (Å²) in [6.45, 7) is 0.653. The van der Waals surface area contributed by atoms with E-state index in [0.29, 0.717) is 6.54 Å². The van der Waals surface area contributed by atoms with Crippen molar-refractivity contribution in [1.82, 2.24) is 14.5 Å². The van der Waals surface area contributed by atoms with E-state index < -0.39 is 10.0 Å². The predicted molar refractivity (Wildman–Crippen MR) is 81.3 cm³/mol. The molecular weight excluding hydrogens is 276 g/mol. The van der Waals surface area contributed by atoms with Crippen LogP contribution in [0.3, 0.4) is 0 Å². The molecular formula is C13H22N4O2S. The van der Waals surface area contributed by atoms with E-state index in [-0.39, 0.29) is 11.4 Å². The van der Waals surface area contributed by atoms with Crippen molar-refractivity contribution in [3.05, 3.63) is 30.3 Å². The highest BCUT2D eigenvalue weighted by molar-refractivity contribution is 7.89. The highest BCUT2D eigenvalue weighted by Crippen LogP contribution is 2.06. The zero-order valence-corrected chi connectivity index (χ0v) is 13.2. The number of guanidine groups is 1. The molecule has 1 aromatic rings. The summed E-state index contributed by atoms with van der Waals surface area (Å²) in [6, 6.07) is 8.31. The van der Waals surface area contributed by atoms with Crippen LogP contribution in [0.5, 0.6) is 0 Å². The summed E-state index contributed by atoms with van der Waals surface area (Å²) in [4.78, 5) is 8.39. The number of sulfonamides is 1. The number of nitrogens with one attached hydrogen (secondary N) is 1. The van der Waals surface area contributed by atoms with Gasteiger partial charge in [0.15, 0.2) is 5.96 Å². The predicted octanol–water partition coefficient (Wildman–Crippen LogP) is 0.444. The SMILES string of the molecule is CN(C)C(=NCCNS(=O)(=O)c1ccccc1)N(C)C. The quantitative estimate of drug-likeness (QED) is 0.487. The third kappa shape index (κ3) is 4.82. The van der Waals surface area contributed by atoms with Crippen LogP contribution in [-0.4, -0.2) is 65.5 Å². The molecule has 0 bridgehead atoms. The van der Waals surface area contributed by atoms with Gasteiger partial charge in [0.05, 0.1) is 11.4 Å². The fourth-order valence-corrected chi connectivity index (χ4v) is 2.74. The van der Waals surface area contributed by atoms with Crippen molar-refractivity contribution in [2.45, 2.75) is 4.90 Å². The molecule has 0 atom stereocenters. The second-order valence-corrected chi connectivity index (χ2v) is 6.45. The third-order valence-electron chi connectivity index (χ3n) is 2.51. The first kappa shape index (κ1) is 16.5. The van der Waals surface area contributed by atoms with Crippen molar-refractivity contribution in [3.8, 4) is 0 Å². The van der Waals surface area contributed by atoms with Crippen molar-refractivity contribution >= 4 is 16.0 Å².